The summed E-state index contributed by atoms with van der Waals surface area (Å²) in [4.78, 5) is 16.2. The molecule has 1 aromatic carbocycles. The van der Waals surface area contributed by atoms with Crippen LogP contribution in [0.4, 0.5) is 10.1 Å². The molecule has 4 heteroatoms. The average molecular weight is 264 g/mol. The van der Waals surface area contributed by atoms with Gasteiger partial charge >= 0.3 is 0 Å². The summed E-state index contributed by atoms with van der Waals surface area (Å²) in [5.41, 5.74) is 0.953. The van der Waals surface area contributed by atoms with Gasteiger partial charge in [-0.25, -0.2) is 4.39 Å². The molecule has 0 amide bonds. The van der Waals surface area contributed by atoms with E-state index in [9.17, 15) is 9.18 Å². The van der Waals surface area contributed by atoms with Crippen LogP contribution in [0.1, 0.15) is 31.1 Å². The van der Waals surface area contributed by atoms with E-state index in [1.165, 1.54) is 13.0 Å². The van der Waals surface area contributed by atoms with Crippen LogP contribution in [0.25, 0.3) is 0 Å². The van der Waals surface area contributed by atoms with Crippen molar-refractivity contribution in [3.63, 3.8) is 0 Å². The van der Waals surface area contributed by atoms with Crippen LogP contribution in [0.3, 0.4) is 0 Å². The van der Waals surface area contributed by atoms with E-state index >= 15 is 0 Å². The highest BCUT2D eigenvalue weighted by atomic mass is 19.1. The van der Waals surface area contributed by atoms with Gasteiger partial charge in [-0.3, -0.25) is 9.69 Å². The van der Waals surface area contributed by atoms with Crippen molar-refractivity contribution in [3.8, 4) is 0 Å². The predicted molar refractivity (Wildman–Crippen MR) is 75.3 cm³/mol. The van der Waals surface area contributed by atoms with Gasteiger partial charge in [0.15, 0.2) is 5.78 Å². The molecular formula is C15H21FN2O. The lowest BCUT2D eigenvalue weighted by Crippen LogP contribution is -2.52. The van der Waals surface area contributed by atoms with Gasteiger partial charge in [0.1, 0.15) is 5.82 Å². The van der Waals surface area contributed by atoms with Crippen LogP contribution in [0.5, 0.6) is 0 Å². The minimum absolute atomic E-state index is 0.210. The zero-order chi connectivity index (χ0) is 14.0. The lowest BCUT2D eigenvalue weighted by Gasteiger charge is -2.41. The number of piperazine rings is 1. The molecule has 1 aliphatic heterocycles. The first kappa shape index (κ1) is 14.0. The van der Waals surface area contributed by atoms with Crippen LogP contribution >= 0.6 is 0 Å². The van der Waals surface area contributed by atoms with Crippen LogP contribution in [-0.4, -0.2) is 42.9 Å². The number of hydrogen-bond donors (Lipinski definition) is 0. The number of carbonyl (C=O) groups excluding carboxylic acids is 1. The van der Waals surface area contributed by atoms with E-state index in [4.69, 9.17) is 0 Å². The van der Waals surface area contributed by atoms with Gasteiger partial charge in [0.25, 0.3) is 0 Å². The fourth-order valence-corrected chi connectivity index (χ4v) is 2.81. The molecule has 104 valence electrons. The number of halogens is 1. The van der Waals surface area contributed by atoms with Gasteiger partial charge in [0.05, 0.1) is 11.3 Å². The molecule has 0 aliphatic carbocycles. The first-order valence-electron chi connectivity index (χ1n) is 6.83. The Hall–Kier alpha value is -1.42. The van der Waals surface area contributed by atoms with Crippen molar-refractivity contribution in [2.45, 2.75) is 26.8 Å². The number of carbonyl (C=O) groups is 1. The highest BCUT2D eigenvalue weighted by molar-refractivity contribution is 6.00. The van der Waals surface area contributed by atoms with Crippen molar-refractivity contribution in [1.82, 2.24) is 4.90 Å². The zero-order valence-electron chi connectivity index (χ0n) is 11.8. The minimum Gasteiger partial charge on any atom is -0.368 e. The van der Waals surface area contributed by atoms with Crippen LogP contribution in [0.2, 0.25) is 0 Å². The van der Waals surface area contributed by atoms with E-state index in [0.717, 1.165) is 31.9 Å². The number of likely N-dealkylation sites (N-methyl/N-ethyl adjacent to an activating group) is 1. The third-order valence-corrected chi connectivity index (χ3v) is 3.86. The highest BCUT2D eigenvalue weighted by Gasteiger charge is 2.25. The molecule has 1 atom stereocenters. The normalized spacial score (nSPS) is 20.6. The van der Waals surface area contributed by atoms with E-state index in [-0.39, 0.29) is 11.3 Å². The summed E-state index contributed by atoms with van der Waals surface area (Å²) < 4.78 is 13.8. The second-order valence-corrected chi connectivity index (χ2v) is 5.11. The first-order chi connectivity index (χ1) is 9.04. The lowest BCUT2D eigenvalue weighted by atomic mass is 10.1. The largest absolute Gasteiger partial charge is 0.368 e. The molecule has 1 saturated heterocycles. The molecule has 0 radical (unpaired) electrons. The van der Waals surface area contributed by atoms with Crippen molar-refractivity contribution in [3.05, 3.63) is 29.6 Å². The predicted octanol–water partition coefficient (Wildman–Crippen LogP) is 2.56. The Balaban J connectivity index is 2.28. The van der Waals surface area contributed by atoms with Gasteiger partial charge in [-0.2, -0.15) is 0 Å². The number of Topliss-reactive ketones (excluding diaryl/α,β-unsaturated/α-hetero) is 1. The molecule has 3 nitrogen and oxygen atoms in total. The van der Waals surface area contributed by atoms with E-state index in [2.05, 4.69) is 23.6 Å². The third kappa shape index (κ3) is 2.78. The van der Waals surface area contributed by atoms with Crippen LogP contribution in [-0.2, 0) is 0 Å². The second kappa shape index (κ2) is 5.70. The van der Waals surface area contributed by atoms with Crippen LogP contribution in [0.15, 0.2) is 18.2 Å². The molecule has 0 N–H and O–H groups in total. The summed E-state index contributed by atoms with van der Waals surface area (Å²) in [6, 6.07) is 5.29. The minimum atomic E-state index is -0.421. The van der Waals surface area contributed by atoms with Gasteiger partial charge in [-0.05, 0) is 32.5 Å². The summed E-state index contributed by atoms with van der Waals surface area (Å²) in [6.07, 6.45) is 0. The van der Waals surface area contributed by atoms with E-state index in [1.54, 1.807) is 6.07 Å². The Kier molecular flexibility index (Phi) is 4.20. The van der Waals surface area contributed by atoms with Crippen molar-refractivity contribution in [2.24, 2.45) is 0 Å². The summed E-state index contributed by atoms with van der Waals surface area (Å²) in [5, 5.41) is 0. The maximum absolute atomic E-state index is 13.8. The number of benzene rings is 1. The molecular weight excluding hydrogens is 243 g/mol. The number of anilines is 1. The summed E-state index contributed by atoms with van der Waals surface area (Å²) in [7, 11) is 0. The molecule has 1 heterocycles. The zero-order valence-corrected chi connectivity index (χ0v) is 11.8. The maximum Gasteiger partial charge on any atom is 0.164 e. The quantitative estimate of drug-likeness (QED) is 0.784. The topological polar surface area (TPSA) is 23.6 Å². The molecule has 0 spiro atoms. The smallest absolute Gasteiger partial charge is 0.164 e. The molecule has 0 aromatic heterocycles. The molecule has 1 aromatic rings. The van der Waals surface area contributed by atoms with Gasteiger partial charge in [-0.15, -0.1) is 0 Å². The van der Waals surface area contributed by atoms with Crippen molar-refractivity contribution >= 4 is 11.5 Å². The van der Waals surface area contributed by atoms with Gasteiger partial charge in [-0.1, -0.05) is 13.0 Å². The Bertz CT molecular complexity index is 475. The van der Waals surface area contributed by atoms with Crippen molar-refractivity contribution in [2.75, 3.05) is 31.1 Å². The number of nitrogens with zero attached hydrogens (tertiary/aromatic N) is 2. The Labute approximate surface area is 114 Å². The number of rotatable bonds is 3. The van der Waals surface area contributed by atoms with Crippen LogP contribution < -0.4 is 4.90 Å². The molecule has 0 bridgehead atoms. The van der Waals surface area contributed by atoms with Crippen LogP contribution in [0, 0.1) is 5.82 Å². The maximum atomic E-state index is 13.8. The monoisotopic (exact) mass is 264 g/mol. The van der Waals surface area contributed by atoms with E-state index in [0.29, 0.717) is 6.04 Å². The summed E-state index contributed by atoms with van der Waals surface area (Å²) >= 11 is 0. The molecule has 1 fully saturated rings. The lowest BCUT2D eigenvalue weighted by molar-refractivity contribution is 0.101. The van der Waals surface area contributed by atoms with Crippen molar-refractivity contribution < 1.29 is 9.18 Å². The number of hydrogen-bond acceptors (Lipinski definition) is 3. The molecule has 19 heavy (non-hydrogen) atoms. The van der Waals surface area contributed by atoms with Gasteiger partial charge < -0.3 is 4.90 Å². The molecule has 1 aliphatic rings. The Morgan fingerprint density at radius 2 is 2.16 bits per heavy atom. The average Bonchev–Trinajstić information content (AvgIpc) is 2.37. The van der Waals surface area contributed by atoms with E-state index in [1.807, 2.05) is 6.07 Å². The van der Waals surface area contributed by atoms with Gasteiger partial charge in [0, 0.05) is 25.7 Å². The van der Waals surface area contributed by atoms with E-state index < -0.39 is 5.82 Å². The third-order valence-electron chi connectivity index (χ3n) is 3.86. The molecule has 1 unspecified atom stereocenters. The Morgan fingerprint density at radius 1 is 1.42 bits per heavy atom. The standard InChI is InChI=1S/C15H21FN2O/c1-4-17-8-9-18(10-11(17)2)14-7-5-6-13(16)15(14)12(3)19/h5-7,11H,4,8-10H2,1-3H3. The first-order valence-corrected chi connectivity index (χ1v) is 6.83. The fraction of sp³-hybridized carbons (Fsp3) is 0.533. The SMILES string of the molecule is CCN1CCN(c2cccc(F)c2C(C)=O)CC1C. The molecule has 0 saturated carbocycles. The number of ketones is 1. The second-order valence-electron chi connectivity index (χ2n) is 5.11. The van der Waals surface area contributed by atoms with Gasteiger partial charge in [0.2, 0.25) is 0 Å². The summed E-state index contributed by atoms with van der Waals surface area (Å²) in [5.74, 6) is -0.630. The highest BCUT2D eigenvalue weighted by Crippen LogP contribution is 2.26. The van der Waals surface area contributed by atoms with Crippen molar-refractivity contribution in [1.29, 1.82) is 0 Å². The summed E-state index contributed by atoms with van der Waals surface area (Å²) in [6.45, 7) is 9.38. The Morgan fingerprint density at radius 3 is 2.74 bits per heavy atom. The molecule has 2 rings (SSSR count). The fourth-order valence-electron chi connectivity index (χ4n) is 2.81.